The lowest BCUT2D eigenvalue weighted by atomic mass is 10.1. The van der Waals surface area contributed by atoms with Gasteiger partial charge < -0.3 is 14.8 Å². The molecular formula is C21H17BrN4O4. The molecule has 1 N–H and O–H groups in total. The Morgan fingerprint density at radius 1 is 1.13 bits per heavy atom. The van der Waals surface area contributed by atoms with Crippen molar-refractivity contribution in [2.24, 2.45) is 0 Å². The van der Waals surface area contributed by atoms with Gasteiger partial charge in [-0.2, -0.15) is 5.10 Å². The first-order chi connectivity index (χ1) is 14.6. The Balaban J connectivity index is 1.87. The monoisotopic (exact) mass is 468 g/mol. The second-order valence-electron chi connectivity index (χ2n) is 6.37. The molecule has 152 valence electrons. The Bertz CT molecular complexity index is 1240. The van der Waals surface area contributed by atoms with Gasteiger partial charge in [0.1, 0.15) is 19.5 Å². The Kier molecular flexibility index (Phi) is 5.62. The summed E-state index contributed by atoms with van der Waals surface area (Å²) < 4.78 is 13.0. The van der Waals surface area contributed by atoms with Crippen LogP contribution in [-0.2, 0) is 16.1 Å². The molecular weight excluding hydrogens is 452 g/mol. The standard InChI is InChI=1S/C21H17BrN4O4/c1-29-16(27)10-23-21(28)18-19(30-11-13-6-3-2-4-7-13)14-8-5-9-15(22)17(14)20-24-12-25-26(18)20/h2-9,12H,10-11H2,1H3,(H,23,28). The van der Waals surface area contributed by atoms with Crippen LogP contribution in [0.5, 0.6) is 5.75 Å². The number of rotatable bonds is 6. The molecule has 0 aliphatic rings. The number of carbonyl (C=O) groups is 2. The Hall–Kier alpha value is -3.46. The summed E-state index contributed by atoms with van der Waals surface area (Å²) in [5, 5.41) is 8.24. The first-order valence-corrected chi connectivity index (χ1v) is 9.85. The number of halogens is 1. The SMILES string of the molecule is COC(=O)CNC(=O)c1c(OCc2ccccc2)c2cccc(Br)c2c2ncnn12. The number of fused-ring (bicyclic) bond motifs is 3. The van der Waals surface area contributed by atoms with Crippen molar-refractivity contribution in [1.29, 1.82) is 0 Å². The maximum atomic E-state index is 13.0. The van der Waals surface area contributed by atoms with Gasteiger partial charge in [-0.25, -0.2) is 9.50 Å². The molecule has 30 heavy (non-hydrogen) atoms. The summed E-state index contributed by atoms with van der Waals surface area (Å²) in [6.07, 6.45) is 1.37. The number of methoxy groups -OCH3 is 1. The van der Waals surface area contributed by atoms with Gasteiger partial charge in [0.2, 0.25) is 0 Å². The highest BCUT2D eigenvalue weighted by atomic mass is 79.9. The number of esters is 1. The Morgan fingerprint density at radius 3 is 2.70 bits per heavy atom. The maximum Gasteiger partial charge on any atom is 0.325 e. The van der Waals surface area contributed by atoms with E-state index in [2.05, 4.69) is 36.1 Å². The molecule has 0 fully saturated rings. The molecule has 8 nitrogen and oxygen atoms in total. The van der Waals surface area contributed by atoms with Crippen LogP contribution in [0.4, 0.5) is 0 Å². The third-order valence-corrected chi connectivity index (χ3v) is 5.18. The molecule has 1 amide bonds. The van der Waals surface area contributed by atoms with E-state index in [1.54, 1.807) is 0 Å². The lowest BCUT2D eigenvalue weighted by molar-refractivity contribution is -0.139. The lowest BCUT2D eigenvalue weighted by Gasteiger charge is -2.16. The molecule has 0 unspecified atom stereocenters. The van der Waals surface area contributed by atoms with Crippen LogP contribution >= 0.6 is 15.9 Å². The molecule has 0 atom stereocenters. The fraction of sp³-hybridized carbons (Fsp3) is 0.143. The number of hydrogen-bond acceptors (Lipinski definition) is 6. The van der Waals surface area contributed by atoms with Crippen LogP contribution in [0.2, 0.25) is 0 Å². The Labute approximate surface area is 179 Å². The molecule has 2 heterocycles. The molecule has 0 bridgehead atoms. The smallest absolute Gasteiger partial charge is 0.325 e. The maximum absolute atomic E-state index is 13.0. The van der Waals surface area contributed by atoms with Gasteiger partial charge in [0.05, 0.1) is 7.11 Å². The summed E-state index contributed by atoms with van der Waals surface area (Å²) in [4.78, 5) is 28.9. The van der Waals surface area contributed by atoms with Gasteiger partial charge in [-0.05, 0) is 11.6 Å². The van der Waals surface area contributed by atoms with Crippen molar-refractivity contribution in [3.8, 4) is 5.75 Å². The molecule has 9 heteroatoms. The van der Waals surface area contributed by atoms with Crippen molar-refractivity contribution in [2.75, 3.05) is 13.7 Å². The number of carbonyl (C=O) groups excluding carboxylic acids is 2. The van der Waals surface area contributed by atoms with Gasteiger partial charge in [0.15, 0.2) is 17.1 Å². The van der Waals surface area contributed by atoms with Gasteiger partial charge in [0, 0.05) is 15.2 Å². The highest BCUT2D eigenvalue weighted by Gasteiger charge is 2.24. The molecule has 4 aromatic rings. The normalized spacial score (nSPS) is 10.9. The minimum atomic E-state index is -0.562. The molecule has 0 saturated carbocycles. The van der Waals surface area contributed by atoms with E-state index in [1.807, 2.05) is 48.5 Å². The third kappa shape index (κ3) is 3.71. The highest BCUT2D eigenvalue weighted by Crippen LogP contribution is 2.36. The van der Waals surface area contributed by atoms with E-state index >= 15 is 0 Å². The van der Waals surface area contributed by atoms with Crippen molar-refractivity contribution in [1.82, 2.24) is 19.9 Å². The van der Waals surface area contributed by atoms with Crippen LogP contribution < -0.4 is 10.1 Å². The summed E-state index contributed by atoms with van der Waals surface area (Å²) in [6, 6.07) is 15.2. The zero-order valence-electron chi connectivity index (χ0n) is 16.0. The minimum absolute atomic E-state index is 0.146. The van der Waals surface area contributed by atoms with E-state index in [0.29, 0.717) is 16.8 Å². The molecule has 0 spiro atoms. The van der Waals surface area contributed by atoms with Gasteiger partial charge in [-0.15, -0.1) is 0 Å². The van der Waals surface area contributed by atoms with Crippen LogP contribution in [0, 0.1) is 0 Å². The zero-order valence-corrected chi connectivity index (χ0v) is 17.5. The molecule has 4 rings (SSSR count). The average Bonchev–Trinajstić information content (AvgIpc) is 3.25. The number of pyridine rings is 1. The van der Waals surface area contributed by atoms with Crippen LogP contribution in [0.3, 0.4) is 0 Å². The second kappa shape index (κ2) is 8.50. The molecule has 2 aromatic carbocycles. The number of nitrogens with zero attached hydrogens (tertiary/aromatic N) is 3. The van der Waals surface area contributed by atoms with Crippen molar-refractivity contribution >= 4 is 44.2 Å². The van der Waals surface area contributed by atoms with Crippen molar-refractivity contribution < 1.29 is 19.1 Å². The number of ether oxygens (including phenoxy) is 2. The van der Waals surface area contributed by atoms with Crippen LogP contribution in [0.1, 0.15) is 16.1 Å². The molecule has 0 saturated heterocycles. The van der Waals surface area contributed by atoms with Crippen molar-refractivity contribution in [3.63, 3.8) is 0 Å². The average molecular weight is 469 g/mol. The number of aromatic nitrogens is 3. The number of amides is 1. The van der Waals surface area contributed by atoms with Gasteiger partial charge in [-0.3, -0.25) is 9.59 Å². The van der Waals surface area contributed by atoms with Crippen LogP contribution in [-0.4, -0.2) is 40.1 Å². The molecule has 0 radical (unpaired) electrons. The van der Waals surface area contributed by atoms with E-state index < -0.39 is 11.9 Å². The summed E-state index contributed by atoms with van der Waals surface area (Å²) in [5.41, 5.74) is 1.58. The minimum Gasteiger partial charge on any atom is -0.486 e. The van der Waals surface area contributed by atoms with E-state index in [1.165, 1.54) is 18.0 Å². The summed E-state index contributed by atoms with van der Waals surface area (Å²) in [5.74, 6) is -0.746. The lowest BCUT2D eigenvalue weighted by Crippen LogP contribution is -2.32. The van der Waals surface area contributed by atoms with E-state index in [9.17, 15) is 9.59 Å². The van der Waals surface area contributed by atoms with E-state index in [-0.39, 0.29) is 18.8 Å². The van der Waals surface area contributed by atoms with Crippen molar-refractivity contribution in [2.45, 2.75) is 6.61 Å². The van der Waals surface area contributed by atoms with Gasteiger partial charge >= 0.3 is 5.97 Å². The fourth-order valence-electron chi connectivity index (χ4n) is 3.12. The van der Waals surface area contributed by atoms with Crippen LogP contribution in [0.25, 0.3) is 16.4 Å². The van der Waals surface area contributed by atoms with E-state index in [4.69, 9.17) is 4.74 Å². The van der Waals surface area contributed by atoms with Crippen molar-refractivity contribution in [3.05, 3.63) is 70.6 Å². The predicted octanol–water partition coefficient (Wildman–Crippen LogP) is 3.13. The second-order valence-corrected chi connectivity index (χ2v) is 7.22. The predicted molar refractivity (Wildman–Crippen MR) is 113 cm³/mol. The number of hydrogen-bond donors (Lipinski definition) is 1. The summed E-state index contributed by atoms with van der Waals surface area (Å²) >= 11 is 3.56. The molecule has 0 aliphatic heterocycles. The van der Waals surface area contributed by atoms with Gasteiger partial charge in [-0.1, -0.05) is 58.4 Å². The van der Waals surface area contributed by atoms with E-state index in [0.717, 1.165) is 15.4 Å². The third-order valence-electron chi connectivity index (χ3n) is 4.52. The molecule has 0 aliphatic carbocycles. The topological polar surface area (TPSA) is 94.8 Å². The summed E-state index contributed by atoms with van der Waals surface area (Å²) in [7, 11) is 1.26. The first-order valence-electron chi connectivity index (χ1n) is 9.05. The van der Waals surface area contributed by atoms with Crippen LogP contribution in [0.15, 0.2) is 59.3 Å². The number of benzene rings is 2. The fourth-order valence-corrected chi connectivity index (χ4v) is 3.67. The summed E-state index contributed by atoms with van der Waals surface area (Å²) in [6.45, 7) is -0.0277. The van der Waals surface area contributed by atoms with Gasteiger partial charge in [0.25, 0.3) is 5.91 Å². The highest BCUT2D eigenvalue weighted by molar-refractivity contribution is 9.10. The zero-order chi connectivity index (χ0) is 21.1. The number of nitrogens with one attached hydrogen (secondary N) is 1. The quantitative estimate of drug-likeness (QED) is 0.436. The first kappa shape index (κ1) is 19.8. The largest absolute Gasteiger partial charge is 0.486 e. The molecule has 2 aromatic heterocycles. The Morgan fingerprint density at radius 2 is 1.93 bits per heavy atom.